The van der Waals surface area contributed by atoms with Crippen molar-refractivity contribution >= 4 is 33.2 Å². The molecular weight excluding hydrogens is 584 g/mol. The zero-order valence-corrected chi connectivity index (χ0v) is 27.0. The summed E-state index contributed by atoms with van der Waals surface area (Å²) in [5.74, 6) is 0.887. The van der Waals surface area contributed by atoms with E-state index in [2.05, 4.69) is 21.8 Å². The number of carbonyl (C=O) groups excluding carboxylic acids is 1. The average Bonchev–Trinajstić information content (AvgIpc) is 3.11. The molecular formula is C34H43ClN2O5S. The summed E-state index contributed by atoms with van der Waals surface area (Å²) in [7, 11) is -2.16. The first-order valence-corrected chi connectivity index (χ1v) is 17.6. The van der Waals surface area contributed by atoms with E-state index in [-0.39, 0.29) is 11.3 Å². The Morgan fingerprint density at radius 3 is 2.70 bits per heavy atom. The molecule has 43 heavy (non-hydrogen) atoms. The lowest BCUT2D eigenvalue weighted by Crippen LogP contribution is -2.48. The third kappa shape index (κ3) is 5.89. The van der Waals surface area contributed by atoms with Gasteiger partial charge in [-0.25, -0.2) is 13.1 Å². The van der Waals surface area contributed by atoms with Crippen LogP contribution in [0.1, 0.15) is 80.3 Å². The minimum Gasteiger partial charge on any atom is -0.504 e. The van der Waals surface area contributed by atoms with E-state index in [0.717, 1.165) is 80.9 Å². The molecule has 2 aliphatic heterocycles. The molecule has 0 radical (unpaired) electrons. The van der Waals surface area contributed by atoms with Gasteiger partial charge in [-0.1, -0.05) is 24.6 Å². The summed E-state index contributed by atoms with van der Waals surface area (Å²) < 4.78 is 41.1. The van der Waals surface area contributed by atoms with Gasteiger partial charge in [-0.15, -0.1) is 0 Å². The quantitative estimate of drug-likeness (QED) is 0.357. The minimum atomic E-state index is -3.86. The van der Waals surface area contributed by atoms with E-state index < -0.39 is 21.2 Å². The number of amides is 1. The normalized spacial score (nSPS) is 31.6. The van der Waals surface area contributed by atoms with E-state index in [4.69, 9.17) is 21.1 Å². The van der Waals surface area contributed by atoms with Crippen LogP contribution in [-0.4, -0.2) is 46.4 Å². The number of allylic oxidation sites excluding steroid dienone is 1. The lowest BCUT2D eigenvalue weighted by molar-refractivity contribution is 0.0980. The van der Waals surface area contributed by atoms with E-state index in [0.29, 0.717) is 24.0 Å². The highest BCUT2D eigenvalue weighted by molar-refractivity contribution is 7.90. The summed E-state index contributed by atoms with van der Waals surface area (Å²) in [6, 6.07) is 11.6. The van der Waals surface area contributed by atoms with Gasteiger partial charge in [-0.05, 0) is 123 Å². The summed E-state index contributed by atoms with van der Waals surface area (Å²) in [5.41, 5.74) is 4.83. The van der Waals surface area contributed by atoms with Gasteiger partial charge in [0.05, 0.1) is 30.9 Å². The zero-order valence-electron chi connectivity index (χ0n) is 25.4. The molecule has 9 heteroatoms. The van der Waals surface area contributed by atoms with Crippen molar-refractivity contribution in [1.82, 2.24) is 4.72 Å². The van der Waals surface area contributed by atoms with E-state index >= 15 is 0 Å². The first kappa shape index (κ1) is 30.3. The van der Waals surface area contributed by atoms with Crippen molar-refractivity contribution in [2.24, 2.45) is 17.8 Å². The summed E-state index contributed by atoms with van der Waals surface area (Å²) in [6.45, 7) is 5.75. The van der Waals surface area contributed by atoms with Crippen LogP contribution in [0.15, 0.2) is 48.2 Å². The number of hydrogen-bond acceptors (Lipinski definition) is 6. The smallest absolute Gasteiger partial charge is 0.264 e. The number of fused-ring (bicyclic) bond motifs is 4. The van der Waals surface area contributed by atoms with Gasteiger partial charge in [0.1, 0.15) is 5.75 Å². The number of anilines is 1. The molecule has 0 unspecified atom stereocenters. The second-order valence-electron chi connectivity index (χ2n) is 13.2. The summed E-state index contributed by atoms with van der Waals surface area (Å²) in [5, 5.41) is 0.0544. The van der Waals surface area contributed by atoms with Crippen molar-refractivity contribution in [1.29, 1.82) is 0 Å². The van der Waals surface area contributed by atoms with Crippen molar-refractivity contribution < 1.29 is 22.7 Å². The van der Waals surface area contributed by atoms with Crippen LogP contribution < -0.4 is 14.4 Å². The first-order valence-electron chi connectivity index (χ1n) is 15.7. The van der Waals surface area contributed by atoms with Crippen LogP contribution in [-0.2, 0) is 26.6 Å². The number of hydrogen-bond donors (Lipinski definition) is 1. The third-order valence-electron chi connectivity index (χ3n) is 10.6. The number of aryl methyl sites for hydroxylation is 1. The second kappa shape index (κ2) is 12.0. The standard InChI is InChI=1S/C34H43ClN2O5S/c1-22-6-4-7-27(19-41-3)29-12-9-26(29)18-37-20-34(15-5-8-24-16-28(35)11-13-30(24)34)21-42-32-14-10-25(17-31(32)37)33(38)36-43(39,40)23(22)2/h10-11,13-14,16-17,19,22-23,26,29H,4-9,12,15,18,20-21H2,1-3H3,(H,36,38)/b27-19-/t22-,23+,26-,29+,34-/m0/s1. The lowest BCUT2D eigenvalue weighted by atomic mass is 9.67. The number of methoxy groups -OCH3 is 1. The number of nitrogens with one attached hydrogen (secondary N) is 1. The highest BCUT2D eigenvalue weighted by Gasteiger charge is 2.44. The number of halogens is 1. The van der Waals surface area contributed by atoms with Gasteiger partial charge in [0, 0.05) is 29.1 Å². The highest BCUT2D eigenvalue weighted by Crippen LogP contribution is 2.48. The van der Waals surface area contributed by atoms with Crippen molar-refractivity contribution in [3.8, 4) is 5.75 Å². The number of nitrogens with zero attached hydrogens (tertiary/aromatic N) is 1. The minimum absolute atomic E-state index is 0.0976. The van der Waals surface area contributed by atoms with Crippen LogP contribution in [0.5, 0.6) is 5.75 Å². The maximum absolute atomic E-state index is 13.4. The third-order valence-corrected chi connectivity index (χ3v) is 12.7. The predicted molar refractivity (Wildman–Crippen MR) is 170 cm³/mol. The van der Waals surface area contributed by atoms with Crippen molar-refractivity contribution in [3.05, 3.63) is 69.9 Å². The van der Waals surface area contributed by atoms with Crippen LogP contribution in [0.2, 0.25) is 5.02 Å². The van der Waals surface area contributed by atoms with Gasteiger partial charge < -0.3 is 14.4 Å². The molecule has 2 aromatic carbocycles. The predicted octanol–water partition coefficient (Wildman–Crippen LogP) is 6.64. The van der Waals surface area contributed by atoms with Crippen LogP contribution in [0.4, 0.5) is 5.69 Å². The van der Waals surface area contributed by atoms with Crippen molar-refractivity contribution in [2.75, 3.05) is 31.7 Å². The molecule has 0 saturated heterocycles. The zero-order chi connectivity index (χ0) is 30.4. The van der Waals surface area contributed by atoms with Crippen molar-refractivity contribution in [2.45, 2.75) is 75.9 Å². The van der Waals surface area contributed by atoms with Crippen LogP contribution in [0.25, 0.3) is 0 Å². The van der Waals surface area contributed by atoms with Gasteiger partial charge in [0.25, 0.3) is 5.91 Å². The first-order chi connectivity index (χ1) is 20.6. The lowest BCUT2D eigenvalue weighted by Gasteiger charge is -2.45. The SMILES string of the molecule is CO/C=C1/CCC[C@H](C)[C@@H](C)S(=O)(=O)NC(=O)c2ccc3c(c2)N(C[C@@H]2CC[C@@H]12)C[C@@]1(CCCc2cc(Cl)ccc21)CO3. The molecule has 7 nitrogen and oxygen atoms in total. The molecule has 1 amide bonds. The Bertz CT molecular complexity index is 1520. The Morgan fingerprint density at radius 1 is 1.09 bits per heavy atom. The van der Waals surface area contributed by atoms with Gasteiger partial charge in [-0.3, -0.25) is 4.79 Å². The molecule has 1 saturated carbocycles. The Hall–Kier alpha value is -2.71. The summed E-state index contributed by atoms with van der Waals surface area (Å²) >= 11 is 6.42. The Kier molecular flexibility index (Phi) is 8.46. The number of rotatable bonds is 1. The number of sulfonamides is 1. The van der Waals surface area contributed by atoms with E-state index in [1.165, 1.54) is 16.7 Å². The maximum atomic E-state index is 13.4. The van der Waals surface area contributed by atoms with E-state index in [1.807, 2.05) is 31.4 Å². The molecule has 2 aliphatic carbocycles. The monoisotopic (exact) mass is 626 g/mol. The van der Waals surface area contributed by atoms with Gasteiger partial charge in [0.15, 0.2) is 0 Å². The second-order valence-corrected chi connectivity index (χ2v) is 15.7. The van der Waals surface area contributed by atoms with Crippen LogP contribution in [0, 0.1) is 17.8 Å². The van der Waals surface area contributed by atoms with Gasteiger partial charge >= 0.3 is 0 Å². The van der Waals surface area contributed by atoms with E-state index in [1.54, 1.807) is 20.1 Å². The average molecular weight is 627 g/mol. The molecule has 1 N–H and O–H groups in total. The van der Waals surface area contributed by atoms with Gasteiger partial charge in [0.2, 0.25) is 10.0 Å². The molecule has 4 aliphatic rings. The Labute approximate surface area is 261 Å². The molecule has 2 aromatic rings. The van der Waals surface area contributed by atoms with Crippen LogP contribution >= 0.6 is 11.6 Å². The maximum Gasteiger partial charge on any atom is 0.264 e. The van der Waals surface area contributed by atoms with Gasteiger partial charge in [-0.2, -0.15) is 0 Å². The fourth-order valence-corrected chi connectivity index (χ4v) is 9.25. The Balaban J connectivity index is 1.43. The molecule has 5 atom stereocenters. The fourth-order valence-electron chi connectivity index (χ4n) is 7.75. The molecule has 1 spiro atoms. The highest BCUT2D eigenvalue weighted by atomic mass is 35.5. The molecule has 232 valence electrons. The number of benzene rings is 2. The molecule has 2 heterocycles. The summed E-state index contributed by atoms with van der Waals surface area (Å²) in [6.07, 6.45) is 9.71. The fraction of sp³-hybridized carbons (Fsp3) is 0.559. The topological polar surface area (TPSA) is 84.9 Å². The van der Waals surface area contributed by atoms with E-state index in [9.17, 15) is 13.2 Å². The Morgan fingerprint density at radius 2 is 1.93 bits per heavy atom. The molecule has 1 fully saturated rings. The number of carbonyl (C=O) groups is 1. The summed E-state index contributed by atoms with van der Waals surface area (Å²) in [4.78, 5) is 15.8. The largest absolute Gasteiger partial charge is 0.504 e. The van der Waals surface area contributed by atoms with Crippen LogP contribution in [0.3, 0.4) is 0 Å². The molecule has 2 bridgehead atoms. The molecule has 0 aromatic heterocycles. The number of ether oxygens (including phenoxy) is 2. The molecule has 6 rings (SSSR count). The van der Waals surface area contributed by atoms with Crippen molar-refractivity contribution in [3.63, 3.8) is 0 Å².